The zero-order valence-electron chi connectivity index (χ0n) is 18.6. The van der Waals surface area contributed by atoms with E-state index in [1.54, 1.807) is 0 Å². The van der Waals surface area contributed by atoms with Crippen molar-refractivity contribution in [3.63, 3.8) is 0 Å². The fraction of sp³-hybridized carbons (Fsp3) is 0.226. The lowest BCUT2D eigenvalue weighted by atomic mass is 10.0. The first kappa shape index (κ1) is 21.0. The number of aryl methyl sites for hydroxylation is 2. The molecular formula is C31H30. The average molecular weight is 403 g/mol. The molecule has 0 unspecified atom stereocenters. The van der Waals surface area contributed by atoms with Gasteiger partial charge in [-0.1, -0.05) is 99.2 Å². The van der Waals surface area contributed by atoms with E-state index in [-0.39, 0.29) is 0 Å². The molecule has 0 nitrogen and oxygen atoms in total. The zero-order valence-corrected chi connectivity index (χ0v) is 18.6. The van der Waals surface area contributed by atoms with Crippen LogP contribution in [0, 0.1) is 11.8 Å². The minimum absolute atomic E-state index is 1.04. The van der Waals surface area contributed by atoms with Gasteiger partial charge in [-0.15, -0.1) is 0 Å². The van der Waals surface area contributed by atoms with Crippen LogP contribution in [0.15, 0.2) is 84.9 Å². The number of hydrogen-bond acceptors (Lipinski definition) is 0. The lowest BCUT2D eigenvalue weighted by Crippen LogP contribution is -1.85. The molecule has 0 aliphatic heterocycles. The first-order valence-corrected chi connectivity index (χ1v) is 11.5. The average Bonchev–Trinajstić information content (AvgIpc) is 2.82. The topological polar surface area (TPSA) is 0 Å². The smallest absolute Gasteiger partial charge is 0.0255 e. The third-order valence-electron chi connectivity index (χ3n) is 5.79. The van der Waals surface area contributed by atoms with E-state index in [1.807, 2.05) is 0 Å². The van der Waals surface area contributed by atoms with Gasteiger partial charge in [-0.25, -0.2) is 0 Å². The van der Waals surface area contributed by atoms with Crippen LogP contribution in [0.1, 0.15) is 55.4 Å². The van der Waals surface area contributed by atoms with Gasteiger partial charge >= 0.3 is 0 Å². The Morgan fingerprint density at radius 3 is 1.81 bits per heavy atom. The van der Waals surface area contributed by atoms with Crippen molar-refractivity contribution in [3.05, 3.63) is 107 Å². The molecule has 0 N–H and O–H groups in total. The Labute approximate surface area is 187 Å². The lowest BCUT2D eigenvalue weighted by Gasteiger charge is -2.04. The summed E-state index contributed by atoms with van der Waals surface area (Å²) < 4.78 is 0. The summed E-state index contributed by atoms with van der Waals surface area (Å²) in [7, 11) is 0. The SMILES string of the molecule is CCCCc1ccc(-c2ccc(C#Cc3ccc4cc(CCC)ccc4c3)cc2)cc1. The molecule has 31 heavy (non-hydrogen) atoms. The summed E-state index contributed by atoms with van der Waals surface area (Å²) in [5.74, 6) is 6.65. The van der Waals surface area contributed by atoms with Gasteiger partial charge in [-0.05, 0) is 76.6 Å². The van der Waals surface area contributed by atoms with Gasteiger partial charge in [0.05, 0.1) is 0 Å². The van der Waals surface area contributed by atoms with Gasteiger partial charge in [0.15, 0.2) is 0 Å². The number of fused-ring (bicyclic) bond motifs is 1. The van der Waals surface area contributed by atoms with Crippen molar-refractivity contribution in [2.24, 2.45) is 0 Å². The Morgan fingerprint density at radius 2 is 1.10 bits per heavy atom. The van der Waals surface area contributed by atoms with Crippen LogP contribution in [0.4, 0.5) is 0 Å². The van der Waals surface area contributed by atoms with E-state index in [0.29, 0.717) is 0 Å². The summed E-state index contributed by atoms with van der Waals surface area (Å²) in [4.78, 5) is 0. The number of hydrogen-bond donors (Lipinski definition) is 0. The molecule has 0 heterocycles. The van der Waals surface area contributed by atoms with E-state index >= 15 is 0 Å². The summed E-state index contributed by atoms with van der Waals surface area (Å²) in [5.41, 5.74) is 7.43. The Kier molecular flexibility index (Phi) is 6.85. The molecule has 0 bridgehead atoms. The van der Waals surface area contributed by atoms with Gasteiger partial charge < -0.3 is 0 Å². The van der Waals surface area contributed by atoms with Crippen molar-refractivity contribution in [1.82, 2.24) is 0 Å². The van der Waals surface area contributed by atoms with Crippen molar-refractivity contribution in [2.45, 2.75) is 46.0 Å². The van der Waals surface area contributed by atoms with Crippen LogP contribution in [0.5, 0.6) is 0 Å². The zero-order chi connectivity index (χ0) is 21.5. The largest absolute Gasteiger partial charge is 0.0654 e. The first-order valence-electron chi connectivity index (χ1n) is 11.5. The standard InChI is InChI=1S/C31H30/c1-3-5-7-24-10-16-28(17-11-24)29-18-12-25(13-19-29)8-9-27-15-21-30-22-26(6-4-2)14-20-31(30)23-27/h10-23H,3-7H2,1-2H3. The summed E-state index contributed by atoms with van der Waals surface area (Å²) in [6.45, 7) is 4.46. The van der Waals surface area contributed by atoms with Crippen molar-refractivity contribution in [3.8, 4) is 23.0 Å². The number of unbranched alkanes of at least 4 members (excludes halogenated alkanes) is 1. The van der Waals surface area contributed by atoms with Crippen LogP contribution in [0.2, 0.25) is 0 Å². The van der Waals surface area contributed by atoms with E-state index in [0.717, 1.165) is 17.5 Å². The Morgan fingerprint density at radius 1 is 0.516 bits per heavy atom. The highest BCUT2D eigenvalue weighted by Crippen LogP contribution is 2.21. The van der Waals surface area contributed by atoms with Gasteiger partial charge in [-0.2, -0.15) is 0 Å². The van der Waals surface area contributed by atoms with Crippen LogP contribution in [-0.2, 0) is 12.8 Å². The number of rotatable bonds is 6. The van der Waals surface area contributed by atoms with E-state index in [9.17, 15) is 0 Å². The van der Waals surface area contributed by atoms with Crippen LogP contribution in [0.25, 0.3) is 21.9 Å². The maximum absolute atomic E-state index is 3.33. The van der Waals surface area contributed by atoms with Crippen LogP contribution >= 0.6 is 0 Å². The highest BCUT2D eigenvalue weighted by atomic mass is 14.0. The summed E-state index contributed by atoms with van der Waals surface area (Å²) in [6.07, 6.45) is 5.97. The first-order chi connectivity index (χ1) is 15.2. The monoisotopic (exact) mass is 402 g/mol. The van der Waals surface area contributed by atoms with Crippen LogP contribution < -0.4 is 0 Å². The molecule has 0 amide bonds. The molecule has 0 aliphatic rings. The van der Waals surface area contributed by atoms with Gasteiger partial charge in [0.1, 0.15) is 0 Å². The molecule has 4 aromatic rings. The molecule has 0 spiro atoms. The van der Waals surface area contributed by atoms with E-state index in [4.69, 9.17) is 0 Å². The van der Waals surface area contributed by atoms with Gasteiger partial charge in [0.25, 0.3) is 0 Å². The fourth-order valence-electron chi connectivity index (χ4n) is 3.95. The Hall–Kier alpha value is -3.30. The molecule has 0 aliphatic carbocycles. The summed E-state index contributed by atoms with van der Waals surface area (Å²) in [6, 6.07) is 30.8. The quantitative estimate of drug-likeness (QED) is 0.285. The van der Waals surface area contributed by atoms with E-state index in [2.05, 4.69) is 111 Å². The summed E-state index contributed by atoms with van der Waals surface area (Å²) in [5, 5.41) is 2.55. The predicted molar refractivity (Wildman–Crippen MR) is 134 cm³/mol. The maximum atomic E-state index is 3.33. The highest BCUT2D eigenvalue weighted by molar-refractivity contribution is 5.84. The molecule has 0 saturated heterocycles. The normalized spacial score (nSPS) is 10.6. The molecule has 0 fully saturated rings. The second kappa shape index (κ2) is 10.1. The van der Waals surface area contributed by atoms with Crippen LogP contribution in [0.3, 0.4) is 0 Å². The van der Waals surface area contributed by atoms with Gasteiger partial charge in [0, 0.05) is 11.1 Å². The molecule has 0 saturated carbocycles. The minimum atomic E-state index is 1.04. The third kappa shape index (κ3) is 5.44. The lowest BCUT2D eigenvalue weighted by molar-refractivity contribution is 0.795. The van der Waals surface area contributed by atoms with Crippen molar-refractivity contribution in [1.29, 1.82) is 0 Å². The van der Waals surface area contributed by atoms with Crippen molar-refractivity contribution >= 4 is 10.8 Å². The minimum Gasteiger partial charge on any atom is -0.0654 e. The highest BCUT2D eigenvalue weighted by Gasteiger charge is 2.00. The molecular weight excluding hydrogens is 372 g/mol. The maximum Gasteiger partial charge on any atom is 0.0255 e. The molecule has 0 heteroatoms. The predicted octanol–water partition coefficient (Wildman–Crippen LogP) is 8.20. The second-order valence-corrected chi connectivity index (χ2v) is 8.27. The molecule has 0 radical (unpaired) electrons. The molecule has 4 aromatic carbocycles. The number of benzene rings is 4. The molecule has 0 atom stereocenters. The second-order valence-electron chi connectivity index (χ2n) is 8.27. The Balaban J connectivity index is 1.47. The van der Waals surface area contributed by atoms with Crippen molar-refractivity contribution in [2.75, 3.05) is 0 Å². The fourth-order valence-corrected chi connectivity index (χ4v) is 3.95. The summed E-state index contributed by atoms with van der Waals surface area (Å²) >= 11 is 0. The Bertz CT molecular complexity index is 1200. The third-order valence-corrected chi connectivity index (χ3v) is 5.79. The van der Waals surface area contributed by atoms with Crippen LogP contribution in [-0.4, -0.2) is 0 Å². The molecule has 154 valence electrons. The van der Waals surface area contributed by atoms with E-state index < -0.39 is 0 Å². The van der Waals surface area contributed by atoms with Crippen molar-refractivity contribution < 1.29 is 0 Å². The molecule has 0 aromatic heterocycles. The molecule has 4 rings (SSSR count). The van der Waals surface area contributed by atoms with Gasteiger partial charge in [-0.3, -0.25) is 0 Å². The van der Waals surface area contributed by atoms with Gasteiger partial charge in [0.2, 0.25) is 0 Å². The van der Waals surface area contributed by atoms with E-state index in [1.165, 1.54) is 58.7 Å².